The summed E-state index contributed by atoms with van der Waals surface area (Å²) in [5.74, 6) is 1.80. The van der Waals surface area contributed by atoms with E-state index >= 15 is 0 Å². The van der Waals surface area contributed by atoms with Crippen molar-refractivity contribution in [2.75, 3.05) is 13.1 Å². The second kappa shape index (κ2) is 4.72. The van der Waals surface area contributed by atoms with E-state index in [4.69, 9.17) is 0 Å². The van der Waals surface area contributed by atoms with Crippen LogP contribution in [0.25, 0.3) is 0 Å². The Morgan fingerprint density at radius 1 is 1.29 bits per heavy atom. The Morgan fingerprint density at radius 3 is 2.94 bits per heavy atom. The molecule has 1 unspecified atom stereocenters. The van der Waals surface area contributed by atoms with Gasteiger partial charge < -0.3 is 9.88 Å². The molecular weight excluding hydrogens is 210 g/mol. The van der Waals surface area contributed by atoms with Crippen LogP contribution in [0.3, 0.4) is 0 Å². The van der Waals surface area contributed by atoms with Crippen molar-refractivity contribution in [1.82, 2.24) is 14.9 Å². The second-order valence-corrected chi connectivity index (χ2v) is 4.59. The molecule has 3 rings (SSSR count). The lowest BCUT2D eigenvalue weighted by molar-refractivity contribution is 0.632. The minimum absolute atomic E-state index is 0.578. The van der Waals surface area contributed by atoms with Gasteiger partial charge in [-0.1, -0.05) is 30.3 Å². The number of aromatic nitrogens is 2. The molecule has 2 aromatic rings. The smallest absolute Gasteiger partial charge is 0.113 e. The average Bonchev–Trinajstić information content (AvgIpc) is 3.00. The summed E-state index contributed by atoms with van der Waals surface area (Å²) in [6.45, 7) is 3.10. The van der Waals surface area contributed by atoms with Gasteiger partial charge in [-0.3, -0.25) is 0 Å². The molecule has 0 spiro atoms. The van der Waals surface area contributed by atoms with Crippen molar-refractivity contribution in [3.05, 3.63) is 54.1 Å². The SMILES string of the molecule is c1ccc(Cn2ccnc2C2CCNC2)cc1. The van der Waals surface area contributed by atoms with Gasteiger partial charge in [0.25, 0.3) is 0 Å². The van der Waals surface area contributed by atoms with Crippen LogP contribution in [-0.4, -0.2) is 22.6 Å². The summed E-state index contributed by atoms with van der Waals surface area (Å²) in [4.78, 5) is 4.52. The number of nitrogens with zero attached hydrogens (tertiary/aromatic N) is 2. The van der Waals surface area contributed by atoms with Crippen molar-refractivity contribution in [2.24, 2.45) is 0 Å². The maximum absolute atomic E-state index is 4.52. The second-order valence-electron chi connectivity index (χ2n) is 4.59. The molecule has 17 heavy (non-hydrogen) atoms. The number of hydrogen-bond acceptors (Lipinski definition) is 2. The molecule has 2 heterocycles. The minimum atomic E-state index is 0.578. The first kappa shape index (κ1) is 10.5. The summed E-state index contributed by atoms with van der Waals surface area (Å²) in [7, 11) is 0. The zero-order valence-electron chi connectivity index (χ0n) is 9.84. The molecule has 1 aliphatic rings. The van der Waals surface area contributed by atoms with E-state index in [-0.39, 0.29) is 0 Å². The molecule has 1 saturated heterocycles. The van der Waals surface area contributed by atoms with Gasteiger partial charge in [0, 0.05) is 31.4 Å². The number of imidazole rings is 1. The Labute approximate surface area is 101 Å². The van der Waals surface area contributed by atoms with E-state index in [1.807, 2.05) is 6.20 Å². The van der Waals surface area contributed by atoms with Gasteiger partial charge in [-0.2, -0.15) is 0 Å². The highest BCUT2D eigenvalue weighted by atomic mass is 15.1. The van der Waals surface area contributed by atoms with Crippen molar-refractivity contribution < 1.29 is 0 Å². The first-order valence-electron chi connectivity index (χ1n) is 6.19. The van der Waals surface area contributed by atoms with Gasteiger partial charge in [-0.25, -0.2) is 4.98 Å². The number of nitrogens with one attached hydrogen (secondary N) is 1. The molecule has 3 nitrogen and oxygen atoms in total. The van der Waals surface area contributed by atoms with E-state index in [1.54, 1.807) is 0 Å². The molecule has 88 valence electrons. The van der Waals surface area contributed by atoms with Gasteiger partial charge in [0.2, 0.25) is 0 Å². The predicted octanol–water partition coefficient (Wildman–Crippen LogP) is 2.01. The fraction of sp³-hybridized carbons (Fsp3) is 0.357. The summed E-state index contributed by atoms with van der Waals surface area (Å²) in [5, 5.41) is 3.40. The fourth-order valence-corrected chi connectivity index (χ4v) is 2.47. The average molecular weight is 227 g/mol. The van der Waals surface area contributed by atoms with Gasteiger partial charge in [-0.05, 0) is 18.5 Å². The molecule has 1 aliphatic heterocycles. The first-order chi connectivity index (χ1) is 8.43. The van der Waals surface area contributed by atoms with Crippen LogP contribution in [0.4, 0.5) is 0 Å². The van der Waals surface area contributed by atoms with Crippen molar-refractivity contribution in [3.63, 3.8) is 0 Å². The maximum atomic E-state index is 4.52. The van der Waals surface area contributed by atoms with Crippen LogP contribution < -0.4 is 5.32 Å². The zero-order chi connectivity index (χ0) is 11.5. The van der Waals surface area contributed by atoms with E-state index in [9.17, 15) is 0 Å². The molecule has 1 N–H and O–H groups in total. The maximum Gasteiger partial charge on any atom is 0.113 e. The zero-order valence-corrected chi connectivity index (χ0v) is 9.84. The van der Waals surface area contributed by atoms with Crippen LogP contribution in [0.5, 0.6) is 0 Å². The highest BCUT2D eigenvalue weighted by Gasteiger charge is 2.20. The summed E-state index contributed by atoms with van der Waals surface area (Å²) in [6, 6.07) is 10.6. The first-order valence-corrected chi connectivity index (χ1v) is 6.19. The van der Waals surface area contributed by atoms with Crippen molar-refractivity contribution in [2.45, 2.75) is 18.9 Å². The normalized spacial score (nSPS) is 19.6. The molecule has 1 fully saturated rings. The van der Waals surface area contributed by atoms with Crippen LogP contribution in [0.2, 0.25) is 0 Å². The Bertz CT molecular complexity index is 469. The molecule has 1 aromatic heterocycles. The van der Waals surface area contributed by atoms with Crippen LogP contribution in [0.1, 0.15) is 23.7 Å². The Kier molecular flexibility index (Phi) is 2.92. The van der Waals surface area contributed by atoms with Crippen LogP contribution in [0, 0.1) is 0 Å². The van der Waals surface area contributed by atoms with Crippen LogP contribution in [-0.2, 0) is 6.54 Å². The number of rotatable bonds is 3. The summed E-state index contributed by atoms with van der Waals surface area (Å²) >= 11 is 0. The monoisotopic (exact) mass is 227 g/mol. The molecule has 0 bridgehead atoms. The third kappa shape index (κ3) is 2.24. The third-order valence-electron chi connectivity index (χ3n) is 3.37. The van der Waals surface area contributed by atoms with E-state index in [2.05, 4.69) is 51.4 Å². The molecule has 0 radical (unpaired) electrons. The predicted molar refractivity (Wildman–Crippen MR) is 68.0 cm³/mol. The molecular formula is C14H17N3. The van der Waals surface area contributed by atoms with Gasteiger partial charge in [0.1, 0.15) is 5.82 Å². The standard InChI is InChI=1S/C14H17N3/c1-2-4-12(5-3-1)11-17-9-8-16-14(17)13-6-7-15-10-13/h1-5,8-9,13,15H,6-7,10-11H2. The summed E-state index contributed by atoms with van der Waals surface area (Å²) < 4.78 is 2.27. The van der Waals surface area contributed by atoms with E-state index in [1.165, 1.54) is 17.8 Å². The van der Waals surface area contributed by atoms with Crippen molar-refractivity contribution in [3.8, 4) is 0 Å². The van der Waals surface area contributed by atoms with Crippen LogP contribution in [0.15, 0.2) is 42.7 Å². The quantitative estimate of drug-likeness (QED) is 0.869. The topological polar surface area (TPSA) is 29.9 Å². The lowest BCUT2D eigenvalue weighted by Gasteiger charge is -2.12. The van der Waals surface area contributed by atoms with Gasteiger partial charge in [0.05, 0.1) is 0 Å². The molecule has 0 saturated carbocycles. The highest BCUT2D eigenvalue weighted by Crippen LogP contribution is 2.21. The number of benzene rings is 1. The molecule has 3 heteroatoms. The molecule has 0 aliphatic carbocycles. The lowest BCUT2D eigenvalue weighted by Crippen LogP contribution is -2.13. The molecule has 1 aromatic carbocycles. The molecule has 1 atom stereocenters. The Hall–Kier alpha value is -1.61. The van der Waals surface area contributed by atoms with Crippen molar-refractivity contribution >= 4 is 0 Å². The van der Waals surface area contributed by atoms with Crippen molar-refractivity contribution in [1.29, 1.82) is 0 Å². The lowest BCUT2D eigenvalue weighted by atomic mass is 10.1. The number of hydrogen-bond donors (Lipinski definition) is 1. The fourth-order valence-electron chi connectivity index (χ4n) is 2.47. The Morgan fingerprint density at radius 2 is 2.18 bits per heavy atom. The van der Waals surface area contributed by atoms with Crippen LogP contribution >= 0.6 is 0 Å². The van der Waals surface area contributed by atoms with E-state index in [0.717, 1.165) is 19.6 Å². The Balaban J connectivity index is 1.81. The summed E-state index contributed by atoms with van der Waals surface area (Å²) in [6.07, 6.45) is 5.20. The van der Waals surface area contributed by atoms with Gasteiger partial charge >= 0.3 is 0 Å². The van der Waals surface area contributed by atoms with Gasteiger partial charge in [-0.15, -0.1) is 0 Å². The van der Waals surface area contributed by atoms with E-state index < -0.39 is 0 Å². The van der Waals surface area contributed by atoms with E-state index in [0.29, 0.717) is 5.92 Å². The third-order valence-corrected chi connectivity index (χ3v) is 3.37. The van der Waals surface area contributed by atoms with Gasteiger partial charge in [0.15, 0.2) is 0 Å². The summed E-state index contributed by atoms with van der Waals surface area (Å²) in [5.41, 5.74) is 1.33. The highest BCUT2D eigenvalue weighted by molar-refractivity contribution is 5.16. The largest absolute Gasteiger partial charge is 0.330 e. The minimum Gasteiger partial charge on any atom is -0.330 e. The molecule has 0 amide bonds.